The number of anilines is 1. The van der Waals surface area contributed by atoms with Gasteiger partial charge < -0.3 is 20.1 Å². The lowest BCUT2D eigenvalue weighted by Gasteiger charge is -2.11. The zero-order valence-electron chi connectivity index (χ0n) is 14.7. The normalized spacial score (nSPS) is 10.1. The summed E-state index contributed by atoms with van der Waals surface area (Å²) in [5.41, 5.74) is 1.88. The number of hydrogen-bond acceptors (Lipinski definition) is 5. The molecule has 0 spiro atoms. The van der Waals surface area contributed by atoms with Crippen molar-refractivity contribution in [1.82, 2.24) is 5.32 Å². The summed E-state index contributed by atoms with van der Waals surface area (Å²) in [5.74, 6) is 0.150. The first-order valence-electron chi connectivity index (χ1n) is 8.05. The maximum Gasteiger partial charge on any atom is 0.337 e. The average molecular weight is 377 g/mol. The van der Waals surface area contributed by atoms with Gasteiger partial charge in [0.05, 0.1) is 37.0 Å². The van der Waals surface area contributed by atoms with Crippen molar-refractivity contribution in [3.63, 3.8) is 0 Å². The van der Waals surface area contributed by atoms with Crippen LogP contribution in [0.15, 0.2) is 42.5 Å². The fraction of sp³-hybridized carbons (Fsp3) is 0.263. The van der Waals surface area contributed by atoms with Crippen molar-refractivity contribution >= 4 is 29.2 Å². The summed E-state index contributed by atoms with van der Waals surface area (Å²) in [4.78, 5) is 23.6. The van der Waals surface area contributed by atoms with E-state index < -0.39 is 5.97 Å². The molecule has 0 radical (unpaired) electrons. The van der Waals surface area contributed by atoms with Gasteiger partial charge in [-0.15, -0.1) is 0 Å². The molecule has 0 saturated carbocycles. The van der Waals surface area contributed by atoms with E-state index in [0.29, 0.717) is 29.2 Å². The molecule has 0 heterocycles. The van der Waals surface area contributed by atoms with E-state index >= 15 is 0 Å². The van der Waals surface area contributed by atoms with E-state index in [-0.39, 0.29) is 12.5 Å². The van der Waals surface area contributed by atoms with Gasteiger partial charge in [0.2, 0.25) is 5.91 Å². The lowest BCUT2D eigenvalue weighted by molar-refractivity contribution is -0.119. The van der Waals surface area contributed by atoms with E-state index in [1.54, 1.807) is 25.3 Å². The van der Waals surface area contributed by atoms with Gasteiger partial charge in [0.1, 0.15) is 5.75 Å². The molecule has 0 unspecified atom stereocenters. The Hall–Kier alpha value is -2.73. The molecule has 0 bridgehead atoms. The number of nitrogens with one attached hydrogen (secondary N) is 2. The van der Waals surface area contributed by atoms with Crippen LogP contribution >= 0.6 is 11.6 Å². The Morgan fingerprint density at radius 2 is 1.88 bits per heavy atom. The van der Waals surface area contributed by atoms with E-state index in [2.05, 4.69) is 15.4 Å². The van der Waals surface area contributed by atoms with Crippen LogP contribution in [-0.2, 0) is 16.0 Å². The molecule has 2 N–H and O–H groups in total. The highest BCUT2D eigenvalue weighted by Crippen LogP contribution is 2.23. The monoisotopic (exact) mass is 376 g/mol. The molecule has 0 atom stereocenters. The minimum Gasteiger partial charge on any atom is -0.496 e. The van der Waals surface area contributed by atoms with Crippen molar-refractivity contribution < 1.29 is 19.1 Å². The van der Waals surface area contributed by atoms with Gasteiger partial charge in [-0.25, -0.2) is 4.79 Å². The van der Waals surface area contributed by atoms with Gasteiger partial charge in [-0.2, -0.15) is 0 Å². The number of rotatable bonds is 8. The van der Waals surface area contributed by atoms with Crippen molar-refractivity contribution in [2.45, 2.75) is 6.42 Å². The Labute approximate surface area is 157 Å². The topological polar surface area (TPSA) is 76.7 Å². The minimum atomic E-state index is -0.467. The second-order valence-electron chi connectivity index (χ2n) is 5.45. The number of methoxy groups -OCH3 is 2. The molecule has 1 amide bonds. The molecule has 6 nitrogen and oxygen atoms in total. The second kappa shape index (κ2) is 9.68. The zero-order valence-corrected chi connectivity index (χ0v) is 15.4. The van der Waals surface area contributed by atoms with E-state index in [1.165, 1.54) is 7.11 Å². The molecule has 26 heavy (non-hydrogen) atoms. The molecule has 0 aliphatic rings. The lowest BCUT2D eigenvalue weighted by atomic mass is 10.1. The SMILES string of the molecule is COC(=O)c1ccc(Cl)c(NCC(=O)NCCc2ccccc2OC)c1. The predicted molar refractivity (Wildman–Crippen MR) is 101 cm³/mol. The van der Waals surface area contributed by atoms with Crippen LogP contribution in [-0.4, -0.2) is 39.2 Å². The van der Waals surface area contributed by atoms with Crippen LogP contribution in [0.3, 0.4) is 0 Å². The third-order valence-corrected chi connectivity index (χ3v) is 4.07. The number of hydrogen-bond donors (Lipinski definition) is 2. The summed E-state index contributed by atoms with van der Waals surface area (Å²) in [7, 11) is 2.92. The minimum absolute atomic E-state index is 0.0380. The van der Waals surface area contributed by atoms with E-state index in [0.717, 1.165) is 11.3 Å². The van der Waals surface area contributed by atoms with Crippen molar-refractivity contribution in [1.29, 1.82) is 0 Å². The number of carbonyl (C=O) groups excluding carboxylic acids is 2. The van der Waals surface area contributed by atoms with Crippen LogP contribution in [0.2, 0.25) is 5.02 Å². The molecule has 0 aliphatic heterocycles. The van der Waals surface area contributed by atoms with Gasteiger partial charge in [0, 0.05) is 6.54 Å². The fourth-order valence-corrected chi connectivity index (χ4v) is 2.57. The summed E-state index contributed by atoms with van der Waals surface area (Å²) < 4.78 is 9.96. The largest absolute Gasteiger partial charge is 0.496 e. The number of amides is 1. The van der Waals surface area contributed by atoms with Gasteiger partial charge >= 0.3 is 5.97 Å². The molecule has 0 saturated heterocycles. The number of para-hydroxylation sites is 1. The quantitative estimate of drug-likeness (QED) is 0.693. The Bertz CT molecular complexity index is 780. The molecule has 7 heteroatoms. The maximum absolute atomic E-state index is 12.0. The Balaban J connectivity index is 1.84. The predicted octanol–water partition coefficient (Wildman–Crippen LogP) is 2.91. The van der Waals surface area contributed by atoms with Crippen LogP contribution in [0, 0.1) is 0 Å². The molecule has 0 aromatic heterocycles. The summed E-state index contributed by atoms with van der Waals surface area (Å²) >= 11 is 6.09. The Morgan fingerprint density at radius 3 is 2.62 bits per heavy atom. The van der Waals surface area contributed by atoms with Crippen LogP contribution in [0.1, 0.15) is 15.9 Å². The highest BCUT2D eigenvalue weighted by molar-refractivity contribution is 6.33. The molecule has 0 fully saturated rings. The van der Waals surface area contributed by atoms with Crippen molar-refractivity contribution in [2.75, 3.05) is 32.6 Å². The third-order valence-electron chi connectivity index (χ3n) is 3.74. The molecule has 138 valence electrons. The number of esters is 1. The first-order valence-corrected chi connectivity index (χ1v) is 8.43. The zero-order chi connectivity index (χ0) is 18.9. The summed E-state index contributed by atoms with van der Waals surface area (Å²) in [5, 5.41) is 6.17. The van der Waals surface area contributed by atoms with Crippen molar-refractivity contribution in [3.05, 3.63) is 58.6 Å². The van der Waals surface area contributed by atoms with Gasteiger partial charge in [-0.1, -0.05) is 29.8 Å². The molecule has 2 rings (SSSR count). The number of halogens is 1. The summed E-state index contributed by atoms with van der Waals surface area (Å²) in [6.45, 7) is 0.521. The number of ether oxygens (including phenoxy) is 2. The van der Waals surface area contributed by atoms with E-state index in [1.807, 2.05) is 24.3 Å². The average Bonchev–Trinajstić information content (AvgIpc) is 2.67. The Morgan fingerprint density at radius 1 is 1.12 bits per heavy atom. The highest BCUT2D eigenvalue weighted by Gasteiger charge is 2.10. The van der Waals surface area contributed by atoms with E-state index in [9.17, 15) is 9.59 Å². The van der Waals surface area contributed by atoms with Crippen LogP contribution in [0.5, 0.6) is 5.75 Å². The first kappa shape index (κ1) is 19.6. The molecule has 2 aromatic rings. The van der Waals surface area contributed by atoms with Gasteiger partial charge in [-0.05, 0) is 36.2 Å². The number of carbonyl (C=O) groups is 2. The van der Waals surface area contributed by atoms with Crippen LogP contribution < -0.4 is 15.4 Å². The molecule has 2 aromatic carbocycles. The van der Waals surface area contributed by atoms with Gasteiger partial charge in [0.15, 0.2) is 0 Å². The Kier molecular flexibility index (Phi) is 7.29. The standard InChI is InChI=1S/C19H21ClN2O4/c1-25-17-6-4-3-5-13(17)9-10-21-18(23)12-22-16-11-14(19(24)26-2)7-8-15(16)20/h3-8,11,22H,9-10,12H2,1-2H3,(H,21,23). The molecular weight excluding hydrogens is 356 g/mol. The molecule has 0 aliphatic carbocycles. The van der Waals surface area contributed by atoms with Crippen LogP contribution in [0.25, 0.3) is 0 Å². The summed E-state index contributed by atoms with van der Waals surface area (Å²) in [6, 6.07) is 12.4. The number of benzene rings is 2. The van der Waals surface area contributed by atoms with Gasteiger partial charge in [-0.3, -0.25) is 4.79 Å². The van der Waals surface area contributed by atoms with Crippen molar-refractivity contribution in [2.24, 2.45) is 0 Å². The van der Waals surface area contributed by atoms with Crippen LogP contribution in [0.4, 0.5) is 5.69 Å². The highest BCUT2D eigenvalue weighted by atomic mass is 35.5. The fourth-order valence-electron chi connectivity index (χ4n) is 2.39. The summed E-state index contributed by atoms with van der Waals surface area (Å²) in [6.07, 6.45) is 0.661. The van der Waals surface area contributed by atoms with E-state index in [4.69, 9.17) is 16.3 Å². The van der Waals surface area contributed by atoms with Gasteiger partial charge in [0.25, 0.3) is 0 Å². The smallest absolute Gasteiger partial charge is 0.337 e. The van der Waals surface area contributed by atoms with Crippen molar-refractivity contribution in [3.8, 4) is 5.75 Å². The third kappa shape index (κ3) is 5.39. The second-order valence-corrected chi connectivity index (χ2v) is 5.86. The first-order chi connectivity index (χ1) is 12.5. The lowest BCUT2D eigenvalue weighted by Crippen LogP contribution is -2.31. The maximum atomic E-state index is 12.0. The molecular formula is C19H21ClN2O4.